The summed E-state index contributed by atoms with van der Waals surface area (Å²) in [6.45, 7) is 1.38. The normalized spacial score (nSPS) is 16.1. The smallest absolute Gasteiger partial charge is 0.200 e. The Morgan fingerprint density at radius 1 is 1.07 bits per heavy atom. The van der Waals surface area contributed by atoms with Crippen molar-refractivity contribution in [2.75, 3.05) is 20.8 Å². The fraction of sp³-hybridized carbons (Fsp3) is 0.318. The van der Waals surface area contributed by atoms with E-state index in [4.69, 9.17) is 18.9 Å². The van der Waals surface area contributed by atoms with Gasteiger partial charge in [-0.05, 0) is 48.4 Å². The third-order valence-corrected chi connectivity index (χ3v) is 4.79. The van der Waals surface area contributed by atoms with Gasteiger partial charge in [0.05, 0.1) is 33.1 Å². The van der Waals surface area contributed by atoms with Crippen molar-refractivity contribution in [3.05, 3.63) is 60.3 Å². The number of ether oxygens (including phenoxy) is 4. The Hall–Kier alpha value is -2.99. The molecule has 0 saturated carbocycles. The van der Waals surface area contributed by atoms with E-state index in [0.717, 1.165) is 42.0 Å². The monoisotopic (exact) mass is 380 g/mol. The predicted molar refractivity (Wildman–Crippen MR) is 106 cm³/mol. The summed E-state index contributed by atoms with van der Waals surface area (Å²) in [4.78, 5) is 0. The van der Waals surface area contributed by atoms with Crippen molar-refractivity contribution >= 4 is 0 Å². The molecule has 0 amide bonds. The van der Waals surface area contributed by atoms with E-state index in [2.05, 4.69) is 11.2 Å². The van der Waals surface area contributed by atoms with Crippen molar-refractivity contribution in [1.29, 1.82) is 0 Å². The lowest BCUT2D eigenvalue weighted by Gasteiger charge is -2.17. The molecule has 6 heteroatoms. The van der Waals surface area contributed by atoms with E-state index in [0.29, 0.717) is 18.0 Å². The molecule has 28 heavy (non-hydrogen) atoms. The van der Waals surface area contributed by atoms with Crippen LogP contribution in [0.3, 0.4) is 0 Å². The lowest BCUT2D eigenvalue weighted by Crippen LogP contribution is -2.14. The first-order valence-corrected chi connectivity index (χ1v) is 9.38. The molecule has 1 fully saturated rings. The first-order valence-electron chi connectivity index (χ1n) is 9.38. The SMILES string of the molecule is COc1cccc(Cn2nccc2-c2ccc(OC)c(O[C@H]3CCCO3)c2)c1. The molecule has 1 aliphatic rings. The Kier molecular flexibility index (Phi) is 5.48. The summed E-state index contributed by atoms with van der Waals surface area (Å²) in [5.41, 5.74) is 3.13. The molecule has 0 radical (unpaired) electrons. The fourth-order valence-corrected chi connectivity index (χ4v) is 3.36. The predicted octanol–water partition coefficient (Wildman–Crippen LogP) is 4.13. The van der Waals surface area contributed by atoms with E-state index in [1.165, 1.54) is 0 Å². The molecule has 2 heterocycles. The van der Waals surface area contributed by atoms with Crippen LogP contribution in [-0.2, 0) is 11.3 Å². The molecule has 1 aliphatic heterocycles. The van der Waals surface area contributed by atoms with Crippen molar-refractivity contribution in [2.24, 2.45) is 0 Å². The topological polar surface area (TPSA) is 54.7 Å². The molecule has 146 valence electrons. The minimum Gasteiger partial charge on any atom is -0.497 e. The minimum atomic E-state index is -0.217. The highest BCUT2D eigenvalue weighted by Gasteiger charge is 2.20. The molecule has 0 unspecified atom stereocenters. The largest absolute Gasteiger partial charge is 0.497 e. The van der Waals surface area contributed by atoms with Gasteiger partial charge in [0.1, 0.15) is 5.75 Å². The van der Waals surface area contributed by atoms with Gasteiger partial charge in [-0.1, -0.05) is 12.1 Å². The maximum absolute atomic E-state index is 6.03. The third-order valence-electron chi connectivity index (χ3n) is 4.79. The summed E-state index contributed by atoms with van der Waals surface area (Å²) in [6, 6.07) is 15.9. The van der Waals surface area contributed by atoms with Crippen LogP contribution in [0.4, 0.5) is 0 Å². The van der Waals surface area contributed by atoms with Crippen LogP contribution < -0.4 is 14.2 Å². The average Bonchev–Trinajstić information content (AvgIpc) is 3.40. The van der Waals surface area contributed by atoms with Gasteiger partial charge in [-0.15, -0.1) is 0 Å². The summed E-state index contributed by atoms with van der Waals surface area (Å²) in [6.07, 6.45) is 3.49. The molecule has 2 aromatic carbocycles. The van der Waals surface area contributed by atoms with Crippen LogP contribution in [0.25, 0.3) is 11.3 Å². The van der Waals surface area contributed by atoms with E-state index in [-0.39, 0.29) is 6.29 Å². The van der Waals surface area contributed by atoms with Gasteiger partial charge in [0.25, 0.3) is 0 Å². The van der Waals surface area contributed by atoms with Gasteiger partial charge in [-0.2, -0.15) is 5.10 Å². The van der Waals surface area contributed by atoms with E-state index in [1.54, 1.807) is 20.4 Å². The lowest BCUT2D eigenvalue weighted by atomic mass is 10.1. The third kappa shape index (κ3) is 3.97. The van der Waals surface area contributed by atoms with Crippen LogP contribution in [0.1, 0.15) is 18.4 Å². The van der Waals surface area contributed by atoms with E-state index >= 15 is 0 Å². The quantitative estimate of drug-likeness (QED) is 0.617. The molecule has 0 N–H and O–H groups in total. The van der Waals surface area contributed by atoms with Crippen LogP contribution >= 0.6 is 0 Å². The average molecular weight is 380 g/mol. The Balaban J connectivity index is 1.61. The molecule has 0 aliphatic carbocycles. The van der Waals surface area contributed by atoms with Gasteiger partial charge >= 0.3 is 0 Å². The second-order valence-electron chi connectivity index (χ2n) is 6.65. The number of aromatic nitrogens is 2. The molecule has 1 saturated heterocycles. The molecule has 0 spiro atoms. The minimum absolute atomic E-state index is 0.217. The zero-order valence-corrected chi connectivity index (χ0v) is 16.1. The summed E-state index contributed by atoms with van der Waals surface area (Å²) >= 11 is 0. The van der Waals surface area contributed by atoms with Crippen molar-refractivity contribution in [3.8, 4) is 28.5 Å². The molecular weight excluding hydrogens is 356 g/mol. The standard InChI is InChI=1S/C22H24N2O4/c1-25-18-6-3-5-16(13-18)15-24-19(10-11-23-24)17-8-9-20(26-2)21(14-17)28-22-7-4-12-27-22/h3,5-6,8-11,13-14,22H,4,7,12,15H2,1-2H3/t22-/m0/s1. The van der Waals surface area contributed by atoms with Gasteiger partial charge in [-0.3, -0.25) is 4.68 Å². The number of nitrogens with zero attached hydrogens (tertiary/aromatic N) is 2. The number of methoxy groups -OCH3 is 2. The van der Waals surface area contributed by atoms with Crippen LogP contribution in [0.15, 0.2) is 54.7 Å². The van der Waals surface area contributed by atoms with Crippen LogP contribution in [0.2, 0.25) is 0 Å². The first kappa shape index (κ1) is 18.4. The van der Waals surface area contributed by atoms with Crippen LogP contribution in [0.5, 0.6) is 17.2 Å². The number of benzene rings is 2. The number of hydrogen-bond acceptors (Lipinski definition) is 5. The van der Waals surface area contributed by atoms with Gasteiger partial charge in [-0.25, -0.2) is 0 Å². The van der Waals surface area contributed by atoms with Crippen molar-refractivity contribution in [3.63, 3.8) is 0 Å². The highest BCUT2D eigenvalue weighted by atomic mass is 16.7. The molecular formula is C22H24N2O4. The summed E-state index contributed by atoms with van der Waals surface area (Å²) in [5, 5.41) is 4.50. The number of rotatable bonds is 7. The van der Waals surface area contributed by atoms with Crippen LogP contribution in [0, 0.1) is 0 Å². The molecule has 6 nitrogen and oxygen atoms in total. The second kappa shape index (κ2) is 8.35. The molecule has 3 aromatic rings. The Labute approximate surface area is 164 Å². The number of hydrogen-bond donors (Lipinski definition) is 0. The van der Waals surface area contributed by atoms with Gasteiger partial charge in [0.15, 0.2) is 17.8 Å². The first-order chi connectivity index (χ1) is 13.8. The molecule has 0 bridgehead atoms. The molecule has 1 atom stereocenters. The highest BCUT2D eigenvalue weighted by Crippen LogP contribution is 2.34. The fourth-order valence-electron chi connectivity index (χ4n) is 3.36. The molecule has 4 rings (SSSR count). The lowest BCUT2D eigenvalue weighted by molar-refractivity contribution is -0.0402. The molecule has 1 aromatic heterocycles. The van der Waals surface area contributed by atoms with Crippen molar-refractivity contribution in [1.82, 2.24) is 9.78 Å². The van der Waals surface area contributed by atoms with Crippen LogP contribution in [-0.4, -0.2) is 36.9 Å². The van der Waals surface area contributed by atoms with Crippen molar-refractivity contribution in [2.45, 2.75) is 25.7 Å². The Morgan fingerprint density at radius 2 is 2.00 bits per heavy atom. The van der Waals surface area contributed by atoms with E-state index in [1.807, 2.05) is 47.1 Å². The zero-order valence-electron chi connectivity index (χ0n) is 16.1. The van der Waals surface area contributed by atoms with Gasteiger partial charge in [0.2, 0.25) is 0 Å². The summed E-state index contributed by atoms with van der Waals surface area (Å²) < 4.78 is 24.4. The Bertz CT molecular complexity index is 932. The second-order valence-corrected chi connectivity index (χ2v) is 6.65. The van der Waals surface area contributed by atoms with E-state index in [9.17, 15) is 0 Å². The summed E-state index contributed by atoms with van der Waals surface area (Å²) in [7, 11) is 3.32. The maximum atomic E-state index is 6.03. The maximum Gasteiger partial charge on any atom is 0.200 e. The van der Waals surface area contributed by atoms with Crippen molar-refractivity contribution < 1.29 is 18.9 Å². The van der Waals surface area contributed by atoms with E-state index < -0.39 is 0 Å². The zero-order chi connectivity index (χ0) is 19.3. The van der Waals surface area contributed by atoms with Gasteiger partial charge < -0.3 is 18.9 Å². The van der Waals surface area contributed by atoms with Gasteiger partial charge in [0, 0.05) is 18.2 Å². The highest BCUT2D eigenvalue weighted by molar-refractivity contribution is 5.64. The summed E-state index contributed by atoms with van der Waals surface area (Å²) in [5.74, 6) is 2.21. The Morgan fingerprint density at radius 3 is 2.79 bits per heavy atom.